The first-order chi connectivity index (χ1) is 9.28. The highest BCUT2D eigenvalue weighted by atomic mass is 79.9. The van der Waals surface area contributed by atoms with Gasteiger partial charge in [-0.05, 0) is 47.0 Å². The summed E-state index contributed by atoms with van der Waals surface area (Å²) in [4.78, 5) is 5.62. The first-order valence-corrected chi connectivity index (χ1v) is 8.06. The van der Waals surface area contributed by atoms with Crippen molar-refractivity contribution in [1.82, 2.24) is 4.98 Å². The molecule has 0 unspecified atom stereocenters. The van der Waals surface area contributed by atoms with E-state index < -0.39 is 0 Å². The van der Waals surface area contributed by atoms with Gasteiger partial charge in [-0.1, -0.05) is 6.92 Å². The highest BCUT2D eigenvalue weighted by molar-refractivity contribution is 9.11. The van der Waals surface area contributed by atoms with Gasteiger partial charge in [-0.3, -0.25) is 4.98 Å². The maximum Gasteiger partial charge on any atom is 0.0701 e. The number of pyridine rings is 1. The van der Waals surface area contributed by atoms with Crippen molar-refractivity contribution >= 4 is 38.6 Å². The van der Waals surface area contributed by atoms with Gasteiger partial charge in [0, 0.05) is 18.0 Å². The predicted octanol–water partition coefficient (Wildman–Crippen LogP) is 4.38. The predicted molar refractivity (Wildman–Crippen MR) is 87.2 cm³/mol. The average molecular weight is 340 g/mol. The second kappa shape index (κ2) is 7.50. The molecule has 0 atom stereocenters. The van der Waals surface area contributed by atoms with Crippen molar-refractivity contribution in [3.63, 3.8) is 0 Å². The number of rotatable bonds is 7. The van der Waals surface area contributed by atoms with Gasteiger partial charge >= 0.3 is 0 Å². The van der Waals surface area contributed by atoms with E-state index in [1.807, 2.05) is 12.4 Å². The Balaban J connectivity index is 1.82. The van der Waals surface area contributed by atoms with Gasteiger partial charge in [0.25, 0.3) is 0 Å². The second-order valence-corrected chi connectivity index (χ2v) is 6.82. The fourth-order valence-corrected chi connectivity index (χ4v) is 3.20. The van der Waals surface area contributed by atoms with Crippen LogP contribution in [0.1, 0.15) is 18.2 Å². The molecule has 0 amide bonds. The fraction of sp³-hybridized carbons (Fsp3) is 0.357. The van der Waals surface area contributed by atoms with Crippen LogP contribution in [0.2, 0.25) is 0 Å². The van der Waals surface area contributed by atoms with Gasteiger partial charge in [-0.25, -0.2) is 0 Å². The maximum atomic E-state index is 4.24. The first kappa shape index (κ1) is 14.3. The van der Waals surface area contributed by atoms with Crippen molar-refractivity contribution in [3.8, 4) is 0 Å². The molecule has 0 aliphatic rings. The molecule has 2 aromatic rings. The SMILES string of the molecule is CCCNc1cncc(NCCc2ccc(Br)s2)c1. The molecule has 0 saturated carbocycles. The number of thiophene rings is 1. The van der Waals surface area contributed by atoms with Crippen LogP contribution in [0.4, 0.5) is 11.4 Å². The molecule has 0 aliphatic heterocycles. The quantitative estimate of drug-likeness (QED) is 0.785. The first-order valence-electron chi connectivity index (χ1n) is 6.45. The normalized spacial score (nSPS) is 10.4. The topological polar surface area (TPSA) is 37.0 Å². The molecular weight excluding hydrogens is 322 g/mol. The Morgan fingerprint density at radius 1 is 1.16 bits per heavy atom. The fourth-order valence-electron chi connectivity index (χ4n) is 1.72. The lowest BCUT2D eigenvalue weighted by Crippen LogP contribution is -2.05. The van der Waals surface area contributed by atoms with E-state index in [2.05, 4.69) is 56.7 Å². The molecule has 0 spiro atoms. The molecule has 0 aromatic carbocycles. The zero-order valence-corrected chi connectivity index (χ0v) is 13.4. The van der Waals surface area contributed by atoms with E-state index in [1.165, 1.54) is 8.66 Å². The summed E-state index contributed by atoms with van der Waals surface area (Å²) in [6.45, 7) is 4.06. The number of aromatic nitrogens is 1. The van der Waals surface area contributed by atoms with Crippen molar-refractivity contribution < 1.29 is 0 Å². The molecule has 0 bridgehead atoms. The van der Waals surface area contributed by atoms with Crippen LogP contribution < -0.4 is 10.6 Å². The van der Waals surface area contributed by atoms with Gasteiger partial charge in [0.15, 0.2) is 0 Å². The Hall–Kier alpha value is -1.07. The van der Waals surface area contributed by atoms with Crippen LogP contribution in [0.15, 0.2) is 34.4 Å². The molecule has 19 heavy (non-hydrogen) atoms. The van der Waals surface area contributed by atoms with E-state index in [4.69, 9.17) is 0 Å². The van der Waals surface area contributed by atoms with Crippen LogP contribution >= 0.6 is 27.3 Å². The third-order valence-corrected chi connectivity index (χ3v) is 4.33. The minimum absolute atomic E-state index is 0.922. The summed E-state index contributed by atoms with van der Waals surface area (Å²) in [6.07, 6.45) is 5.87. The summed E-state index contributed by atoms with van der Waals surface area (Å²) >= 11 is 5.27. The molecule has 5 heteroatoms. The lowest BCUT2D eigenvalue weighted by molar-refractivity contribution is 0.976. The highest BCUT2D eigenvalue weighted by Gasteiger charge is 1.99. The molecule has 2 rings (SSSR count). The molecule has 0 radical (unpaired) electrons. The van der Waals surface area contributed by atoms with Crippen LogP contribution in [0.25, 0.3) is 0 Å². The van der Waals surface area contributed by atoms with Crippen LogP contribution in [-0.4, -0.2) is 18.1 Å². The Morgan fingerprint density at radius 2 is 1.89 bits per heavy atom. The third-order valence-electron chi connectivity index (χ3n) is 2.65. The Bertz CT molecular complexity index is 513. The molecular formula is C14H18BrN3S. The van der Waals surface area contributed by atoms with Crippen LogP contribution in [0, 0.1) is 0 Å². The van der Waals surface area contributed by atoms with Gasteiger partial charge in [0.1, 0.15) is 0 Å². The summed E-state index contributed by atoms with van der Waals surface area (Å²) in [5, 5.41) is 6.75. The number of nitrogens with one attached hydrogen (secondary N) is 2. The molecule has 2 aromatic heterocycles. The lowest BCUT2D eigenvalue weighted by Gasteiger charge is -2.08. The van der Waals surface area contributed by atoms with E-state index in [0.717, 1.165) is 37.3 Å². The Kier molecular flexibility index (Phi) is 5.66. The van der Waals surface area contributed by atoms with Crippen LogP contribution in [-0.2, 0) is 6.42 Å². The van der Waals surface area contributed by atoms with Gasteiger partial charge in [0.2, 0.25) is 0 Å². The van der Waals surface area contributed by atoms with Crippen molar-refractivity contribution in [1.29, 1.82) is 0 Å². The summed E-state index contributed by atoms with van der Waals surface area (Å²) in [5.41, 5.74) is 2.14. The minimum Gasteiger partial charge on any atom is -0.384 e. The summed E-state index contributed by atoms with van der Waals surface area (Å²) in [6, 6.07) is 6.36. The van der Waals surface area contributed by atoms with Crippen LogP contribution in [0.5, 0.6) is 0 Å². The zero-order chi connectivity index (χ0) is 13.5. The van der Waals surface area contributed by atoms with E-state index in [-0.39, 0.29) is 0 Å². The number of hydrogen-bond donors (Lipinski definition) is 2. The number of anilines is 2. The smallest absolute Gasteiger partial charge is 0.0701 e. The van der Waals surface area contributed by atoms with Crippen molar-refractivity contribution in [2.45, 2.75) is 19.8 Å². The van der Waals surface area contributed by atoms with Crippen molar-refractivity contribution in [3.05, 3.63) is 39.3 Å². The zero-order valence-electron chi connectivity index (χ0n) is 10.9. The highest BCUT2D eigenvalue weighted by Crippen LogP contribution is 2.22. The molecule has 102 valence electrons. The summed E-state index contributed by atoms with van der Waals surface area (Å²) < 4.78 is 1.19. The van der Waals surface area contributed by atoms with Crippen molar-refractivity contribution in [2.24, 2.45) is 0 Å². The molecule has 0 aliphatic carbocycles. The van der Waals surface area contributed by atoms with Gasteiger partial charge in [-0.15, -0.1) is 11.3 Å². The maximum absolute atomic E-state index is 4.24. The van der Waals surface area contributed by atoms with Gasteiger partial charge in [0.05, 0.1) is 27.6 Å². The minimum atomic E-state index is 0.922. The number of halogens is 1. The molecule has 2 N–H and O–H groups in total. The Morgan fingerprint density at radius 3 is 2.53 bits per heavy atom. The molecule has 0 fully saturated rings. The van der Waals surface area contributed by atoms with E-state index in [0.29, 0.717) is 0 Å². The molecule has 2 heterocycles. The largest absolute Gasteiger partial charge is 0.384 e. The van der Waals surface area contributed by atoms with Crippen LogP contribution in [0.3, 0.4) is 0 Å². The summed E-state index contributed by atoms with van der Waals surface area (Å²) in [7, 11) is 0. The molecule has 3 nitrogen and oxygen atoms in total. The van der Waals surface area contributed by atoms with E-state index >= 15 is 0 Å². The lowest BCUT2D eigenvalue weighted by atomic mass is 10.3. The van der Waals surface area contributed by atoms with Gasteiger partial charge in [-0.2, -0.15) is 0 Å². The Labute approximate surface area is 126 Å². The average Bonchev–Trinajstić information content (AvgIpc) is 2.83. The molecule has 0 saturated heterocycles. The van der Waals surface area contributed by atoms with Crippen molar-refractivity contribution in [2.75, 3.05) is 23.7 Å². The standard InChI is InChI=1S/C14H18BrN3S/c1-2-6-17-11-8-12(10-16-9-11)18-7-5-13-3-4-14(15)19-13/h3-4,8-10,17-18H,2,5-7H2,1H3. The second-order valence-electron chi connectivity index (χ2n) is 4.27. The number of hydrogen-bond acceptors (Lipinski definition) is 4. The monoisotopic (exact) mass is 339 g/mol. The third kappa shape index (κ3) is 4.84. The summed E-state index contributed by atoms with van der Waals surface area (Å²) in [5.74, 6) is 0. The van der Waals surface area contributed by atoms with E-state index in [9.17, 15) is 0 Å². The van der Waals surface area contributed by atoms with E-state index in [1.54, 1.807) is 11.3 Å². The number of nitrogens with zero attached hydrogens (tertiary/aromatic N) is 1. The van der Waals surface area contributed by atoms with Gasteiger partial charge < -0.3 is 10.6 Å².